The number of carbonyl (C=O) groups excluding carboxylic acids is 1. The summed E-state index contributed by atoms with van der Waals surface area (Å²) < 4.78 is 19.4. The van der Waals surface area contributed by atoms with Crippen molar-refractivity contribution in [2.24, 2.45) is 5.73 Å². The van der Waals surface area contributed by atoms with E-state index in [9.17, 15) is 9.18 Å². The van der Waals surface area contributed by atoms with Gasteiger partial charge in [-0.3, -0.25) is 4.79 Å². The highest BCUT2D eigenvalue weighted by molar-refractivity contribution is 9.10. The van der Waals surface area contributed by atoms with Gasteiger partial charge in [0.05, 0.1) is 6.42 Å². The Labute approximate surface area is 115 Å². The van der Waals surface area contributed by atoms with Crippen molar-refractivity contribution in [3.8, 4) is 0 Å². The number of carbonyl (C=O) groups is 1. The van der Waals surface area contributed by atoms with Crippen molar-refractivity contribution in [3.05, 3.63) is 34.1 Å². The Morgan fingerprint density at radius 1 is 1.50 bits per heavy atom. The summed E-state index contributed by atoms with van der Waals surface area (Å²) >= 11 is 3.24. The highest BCUT2D eigenvalue weighted by Crippen LogP contribution is 2.23. The van der Waals surface area contributed by atoms with Crippen molar-refractivity contribution in [1.82, 2.24) is 0 Å². The molecule has 0 amide bonds. The van der Waals surface area contributed by atoms with E-state index in [1.807, 2.05) is 0 Å². The third-order valence-electron chi connectivity index (χ3n) is 2.16. The van der Waals surface area contributed by atoms with E-state index in [0.29, 0.717) is 5.56 Å². The third-order valence-corrected chi connectivity index (χ3v) is 2.66. The largest absolute Gasteiger partial charge is 0.460 e. The summed E-state index contributed by atoms with van der Waals surface area (Å²) in [5.41, 5.74) is 5.56. The molecule has 1 atom stereocenters. The monoisotopic (exact) mass is 317 g/mol. The van der Waals surface area contributed by atoms with E-state index in [1.54, 1.807) is 32.9 Å². The fourth-order valence-electron chi connectivity index (χ4n) is 1.47. The number of benzene rings is 1. The average molecular weight is 318 g/mol. The van der Waals surface area contributed by atoms with Crippen molar-refractivity contribution >= 4 is 21.9 Å². The van der Waals surface area contributed by atoms with E-state index in [-0.39, 0.29) is 6.42 Å². The molecule has 18 heavy (non-hydrogen) atoms. The first kappa shape index (κ1) is 15.1. The number of nitrogens with two attached hydrogens (primary N) is 1. The van der Waals surface area contributed by atoms with E-state index in [4.69, 9.17) is 10.5 Å². The quantitative estimate of drug-likeness (QED) is 0.870. The standard InChI is InChI=1S/C13H17BrFNO2/c1-13(2,3)18-12(17)7-11(16)9-6-8(14)4-5-10(9)15/h4-6,11H,7,16H2,1-3H3. The first-order valence-electron chi connectivity index (χ1n) is 5.61. The van der Waals surface area contributed by atoms with Gasteiger partial charge in [0.2, 0.25) is 0 Å². The third kappa shape index (κ3) is 4.74. The van der Waals surface area contributed by atoms with Crippen LogP contribution in [0.5, 0.6) is 0 Å². The Hall–Kier alpha value is -0.940. The molecule has 0 fully saturated rings. The molecular formula is C13H17BrFNO2. The maximum atomic E-state index is 13.6. The van der Waals surface area contributed by atoms with Crippen LogP contribution in [0.4, 0.5) is 4.39 Å². The molecule has 0 spiro atoms. The second kappa shape index (κ2) is 5.80. The van der Waals surface area contributed by atoms with Crippen LogP contribution in [0.3, 0.4) is 0 Å². The predicted molar refractivity (Wildman–Crippen MR) is 71.5 cm³/mol. The molecule has 1 aromatic carbocycles. The van der Waals surface area contributed by atoms with Crippen molar-refractivity contribution in [1.29, 1.82) is 0 Å². The smallest absolute Gasteiger partial charge is 0.308 e. The summed E-state index contributed by atoms with van der Waals surface area (Å²) in [5, 5.41) is 0. The Bertz CT molecular complexity index is 443. The fourth-order valence-corrected chi connectivity index (χ4v) is 1.85. The van der Waals surface area contributed by atoms with Gasteiger partial charge in [-0.1, -0.05) is 15.9 Å². The van der Waals surface area contributed by atoms with Gasteiger partial charge in [-0.2, -0.15) is 0 Å². The Morgan fingerprint density at radius 2 is 2.11 bits per heavy atom. The van der Waals surface area contributed by atoms with Crippen LogP contribution in [0.1, 0.15) is 38.8 Å². The molecular weight excluding hydrogens is 301 g/mol. The minimum Gasteiger partial charge on any atom is -0.460 e. The second-order valence-electron chi connectivity index (χ2n) is 5.06. The number of rotatable bonds is 3. The van der Waals surface area contributed by atoms with Gasteiger partial charge in [0, 0.05) is 16.1 Å². The molecule has 0 aliphatic heterocycles. The number of hydrogen-bond donors (Lipinski definition) is 1. The van der Waals surface area contributed by atoms with Crippen LogP contribution >= 0.6 is 15.9 Å². The molecule has 0 radical (unpaired) electrons. The van der Waals surface area contributed by atoms with E-state index in [2.05, 4.69) is 15.9 Å². The van der Waals surface area contributed by atoms with Crippen molar-refractivity contribution in [2.75, 3.05) is 0 Å². The highest BCUT2D eigenvalue weighted by atomic mass is 79.9. The normalized spacial score (nSPS) is 13.2. The summed E-state index contributed by atoms with van der Waals surface area (Å²) in [6.07, 6.45) is -0.0509. The maximum absolute atomic E-state index is 13.6. The second-order valence-corrected chi connectivity index (χ2v) is 5.98. The SMILES string of the molecule is CC(C)(C)OC(=O)CC(N)c1cc(Br)ccc1F. The molecule has 5 heteroatoms. The van der Waals surface area contributed by atoms with Gasteiger partial charge >= 0.3 is 5.97 Å². The summed E-state index contributed by atoms with van der Waals surface area (Å²) in [5.74, 6) is -0.858. The lowest BCUT2D eigenvalue weighted by Crippen LogP contribution is -2.26. The predicted octanol–water partition coefficient (Wildman–Crippen LogP) is 3.32. The topological polar surface area (TPSA) is 52.3 Å². The van der Waals surface area contributed by atoms with Crippen LogP contribution in [0.15, 0.2) is 22.7 Å². The molecule has 0 saturated carbocycles. The average Bonchev–Trinajstić information content (AvgIpc) is 2.18. The molecule has 0 saturated heterocycles. The van der Waals surface area contributed by atoms with Crippen LogP contribution in [-0.4, -0.2) is 11.6 Å². The molecule has 2 N–H and O–H groups in total. The van der Waals surface area contributed by atoms with Gasteiger partial charge in [0.15, 0.2) is 0 Å². The maximum Gasteiger partial charge on any atom is 0.308 e. The zero-order valence-corrected chi connectivity index (χ0v) is 12.3. The van der Waals surface area contributed by atoms with Gasteiger partial charge < -0.3 is 10.5 Å². The molecule has 0 aliphatic rings. The van der Waals surface area contributed by atoms with Crippen LogP contribution in [0.2, 0.25) is 0 Å². The summed E-state index contributed by atoms with van der Waals surface area (Å²) in [6.45, 7) is 5.32. The van der Waals surface area contributed by atoms with Gasteiger partial charge in [0.1, 0.15) is 11.4 Å². The van der Waals surface area contributed by atoms with E-state index < -0.39 is 23.4 Å². The van der Waals surface area contributed by atoms with Crippen LogP contribution in [-0.2, 0) is 9.53 Å². The Morgan fingerprint density at radius 3 is 2.67 bits per heavy atom. The van der Waals surface area contributed by atoms with Gasteiger partial charge in [-0.25, -0.2) is 4.39 Å². The molecule has 0 aliphatic carbocycles. The molecule has 3 nitrogen and oxygen atoms in total. The summed E-state index contributed by atoms with van der Waals surface area (Å²) in [4.78, 5) is 11.6. The number of ether oxygens (including phenoxy) is 1. The van der Waals surface area contributed by atoms with Crippen LogP contribution in [0.25, 0.3) is 0 Å². The van der Waals surface area contributed by atoms with Crippen molar-refractivity contribution < 1.29 is 13.9 Å². The van der Waals surface area contributed by atoms with Gasteiger partial charge in [-0.05, 0) is 39.0 Å². The first-order valence-corrected chi connectivity index (χ1v) is 6.41. The number of hydrogen-bond acceptors (Lipinski definition) is 3. The number of halogens is 2. The lowest BCUT2D eigenvalue weighted by atomic mass is 10.0. The van der Waals surface area contributed by atoms with E-state index in [0.717, 1.165) is 4.47 Å². The molecule has 0 aromatic heterocycles. The zero-order valence-electron chi connectivity index (χ0n) is 10.7. The summed E-state index contributed by atoms with van der Waals surface area (Å²) in [7, 11) is 0. The minimum absolute atomic E-state index is 0.0509. The number of esters is 1. The molecule has 0 heterocycles. The van der Waals surface area contributed by atoms with Gasteiger partial charge in [-0.15, -0.1) is 0 Å². The van der Waals surface area contributed by atoms with Crippen LogP contribution in [0, 0.1) is 5.82 Å². The van der Waals surface area contributed by atoms with Gasteiger partial charge in [0.25, 0.3) is 0 Å². The molecule has 1 aromatic rings. The Balaban J connectivity index is 2.73. The summed E-state index contributed by atoms with van der Waals surface area (Å²) in [6, 6.07) is 3.76. The lowest BCUT2D eigenvalue weighted by molar-refractivity contribution is -0.155. The highest BCUT2D eigenvalue weighted by Gasteiger charge is 2.21. The van der Waals surface area contributed by atoms with E-state index >= 15 is 0 Å². The van der Waals surface area contributed by atoms with Crippen molar-refractivity contribution in [3.63, 3.8) is 0 Å². The Kier molecular flexibility index (Phi) is 4.87. The van der Waals surface area contributed by atoms with Crippen LogP contribution < -0.4 is 5.73 Å². The molecule has 1 unspecified atom stereocenters. The van der Waals surface area contributed by atoms with Crippen molar-refractivity contribution in [2.45, 2.75) is 38.8 Å². The molecule has 1 rings (SSSR count). The molecule has 100 valence electrons. The zero-order chi connectivity index (χ0) is 13.9. The fraction of sp³-hybridized carbons (Fsp3) is 0.462. The van der Waals surface area contributed by atoms with E-state index in [1.165, 1.54) is 6.07 Å². The molecule has 0 bridgehead atoms. The first-order chi connectivity index (χ1) is 8.19. The lowest BCUT2D eigenvalue weighted by Gasteiger charge is -2.21. The minimum atomic E-state index is -0.711.